The summed E-state index contributed by atoms with van der Waals surface area (Å²) in [5, 5.41) is 0.189. The topological polar surface area (TPSA) is 57.2 Å². The fourth-order valence-electron chi connectivity index (χ4n) is 2.72. The van der Waals surface area contributed by atoms with Crippen LogP contribution in [0.25, 0.3) is 10.9 Å². The van der Waals surface area contributed by atoms with Crippen LogP contribution in [0.1, 0.15) is 18.9 Å². The molecule has 1 aromatic carbocycles. The van der Waals surface area contributed by atoms with Crippen LogP contribution < -0.4 is 5.73 Å². The fourth-order valence-corrected chi connectivity index (χ4v) is 2.72. The lowest BCUT2D eigenvalue weighted by atomic mass is 9.88. The SMILES string of the molecule is CC1(OC(N)=O)CCn2ccc3c(F)c(F)cc1c32. The Bertz CT molecular complexity index is 695. The van der Waals surface area contributed by atoms with Crippen molar-refractivity contribution in [2.45, 2.75) is 25.5 Å². The van der Waals surface area contributed by atoms with Crippen molar-refractivity contribution in [2.75, 3.05) is 0 Å². The second-order valence-electron chi connectivity index (χ2n) is 4.89. The van der Waals surface area contributed by atoms with Crippen LogP contribution in [0.15, 0.2) is 18.3 Å². The van der Waals surface area contributed by atoms with Crippen molar-refractivity contribution in [3.8, 4) is 0 Å². The van der Waals surface area contributed by atoms with Crippen molar-refractivity contribution < 1.29 is 18.3 Å². The second kappa shape index (κ2) is 3.69. The molecule has 100 valence electrons. The normalized spacial score (nSPS) is 21.6. The molecule has 0 saturated carbocycles. The number of aryl methyl sites for hydroxylation is 1. The van der Waals surface area contributed by atoms with Gasteiger partial charge in [-0.1, -0.05) is 0 Å². The molecule has 2 N–H and O–H groups in total. The minimum Gasteiger partial charge on any atom is -0.438 e. The average Bonchev–Trinajstić information content (AvgIpc) is 2.74. The van der Waals surface area contributed by atoms with Crippen LogP contribution >= 0.6 is 0 Å². The monoisotopic (exact) mass is 266 g/mol. The third kappa shape index (κ3) is 1.59. The van der Waals surface area contributed by atoms with Gasteiger partial charge in [0.25, 0.3) is 0 Å². The zero-order chi connectivity index (χ0) is 13.8. The summed E-state index contributed by atoms with van der Waals surface area (Å²) < 4.78 is 34.3. The third-order valence-corrected chi connectivity index (χ3v) is 3.66. The number of halogens is 2. The lowest BCUT2D eigenvalue weighted by Gasteiger charge is -2.34. The molecule has 0 spiro atoms. The number of carbonyl (C=O) groups excluding carboxylic acids is 1. The van der Waals surface area contributed by atoms with Crippen molar-refractivity contribution >= 4 is 17.0 Å². The van der Waals surface area contributed by atoms with Crippen LogP contribution in [0.4, 0.5) is 13.6 Å². The zero-order valence-electron chi connectivity index (χ0n) is 10.2. The van der Waals surface area contributed by atoms with Gasteiger partial charge in [-0.3, -0.25) is 0 Å². The molecule has 2 aromatic rings. The summed E-state index contributed by atoms with van der Waals surface area (Å²) in [5.41, 5.74) is 5.02. The van der Waals surface area contributed by atoms with Crippen LogP contribution in [0.2, 0.25) is 0 Å². The highest BCUT2D eigenvalue weighted by molar-refractivity contribution is 5.86. The number of benzene rings is 1. The van der Waals surface area contributed by atoms with Crippen molar-refractivity contribution in [3.63, 3.8) is 0 Å². The number of primary amides is 1. The molecule has 1 aliphatic heterocycles. The zero-order valence-corrected chi connectivity index (χ0v) is 10.2. The Kier molecular flexibility index (Phi) is 2.32. The summed E-state index contributed by atoms with van der Waals surface area (Å²) in [6.07, 6.45) is 1.22. The highest BCUT2D eigenvalue weighted by atomic mass is 19.2. The lowest BCUT2D eigenvalue weighted by molar-refractivity contribution is 0.0151. The fraction of sp³-hybridized carbons (Fsp3) is 0.308. The summed E-state index contributed by atoms with van der Waals surface area (Å²) in [7, 11) is 0. The molecular formula is C13H12F2N2O2. The van der Waals surface area contributed by atoms with E-state index in [0.717, 1.165) is 6.07 Å². The number of nitrogens with zero attached hydrogens (tertiary/aromatic N) is 1. The summed E-state index contributed by atoms with van der Waals surface area (Å²) in [6, 6.07) is 2.60. The number of hydrogen-bond donors (Lipinski definition) is 1. The molecule has 1 unspecified atom stereocenters. The number of rotatable bonds is 1. The van der Waals surface area contributed by atoms with E-state index in [2.05, 4.69) is 0 Å². The first-order chi connectivity index (χ1) is 8.92. The van der Waals surface area contributed by atoms with E-state index in [0.29, 0.717) is 24.0 Å². The van der Waals surface area contributed by atoms with Gasteiger partial charge in [-0.05, 0) is 19.1 Å². The standard InChI is InChI=1S/C13H12F2N2O2/c1-13(19-12(16)18)3-5-17-4-2-7-10(15)9(14)6-8(13)11(7)17/h2,4,6H,3,5H2,1H3,(H2,16,18). The molecule has 19 heavy (non-hydrogen) atoms. The van der Waals surface area contributed by atoms with E-state index in [1.807, 2.05) is 4.57 Å². The summed E-state index contributed by atoms with van der Waals surface area (Å²) in [4.78, 5) is 11.0. The first kappa shape index (κ1) is 12.0. The van der Waals surface area contributed by atoms with Gasteiger partial charge in [0, 0.05) is 30.1 Å². The van der Waals surface area contributed by atoms with E-state index in [-0.39, 0.29) is 5.39 Å². The maximum Gasteiger partial charge on any atom is 0.405 e. The van der Waals surface area contributed by atoms with E-state index in [4.69, 9.17) is 10.5 Å². The Balaban J connectivity index is 2.32. The minimum absolute atomic E-state index is 0.189. The molecule has 1 atom stereocenters. The first-order valence-corrected chi connectivity index (χ1v) is 5.88. The summed E-state index contributed by atoms with van der Waals surface area (Å²) >= 11 is 0. The Morgan fingerprint density at radius 3 is 2.95 bits per heavy atom. The maximum absolute atomic E-state index is 13.7. The minimum atomic E-state index is -1.03. The number of ether oxygens (including phenoxy) is 1. The molecule has 0 bridgehead atoms. The molecule has 0 saturated heterocycles. The van der Waals surface area contributed by atoms with Gasteiger partial charge < -0.3 is 15.0 Å². The van der Waals surface area contributed by atoms with Gasteiger partial charge in [-0.25, -0.2) is 13.6 Å². The average molecular weight is 266 g/mol. The largest absolute Gasteiger partial charge is 0.438 e. The Labute approximate surface area is 107 Å². The van der Waals surface area contributed by atoms with Crippen molar-refractivity contribution in [3.05, 3.63) is 35.5 Å². The molecule has 1 aromatic heterocycles. The highest BCUT2D eigenvalue weighted by Crippen LogP contribution is 2.40. The van der Waals surface area contributed by atoms with Crippen molar-refractivity contribution in [1.82, 2.24) is 4.57 Å². The van der Waals surface area contributed by atoms with E-state index in [1.165, 1.54) is 6.07 Å². The van der Waals surface area contributed by atoms with Crippen LogP contribution in [0.5, 0.6) is 0 Å². The van der Waals surface area contributed by atoms with Crippen LogP contribution in [0, 0.1) is 11.6 Å². The van der Waals surface area contributed by atoms with Crippen LogP contribution in [-0.2, 0) is 16.9 Å². The number of carbonyl (C=O) groups is 1. The Morgan fingerprint density at radius 1 is 1.53 bits per heavy atom. The summed E-state index contributed by atoms with van der Waals surface area (Å²) in [5.74, 6) is -1.85. The van der Waals surface area contributed by atoms with E-state index >= 15 is 0 Å². The number of hydrogen-bond acceptors (Lipinski definition) is 2. The highest BCUT2D eigenvalue weighted by Gasteiger charge is 2.37. The van der Waals surface area contributed by atoms with Gasteiger partial charge in [0.2, 0.25) is 0 Å². The van der Waals surface area contributed by atoms with Crippen molar-refractivity contribution in [2.24, 2.45) is 5.73 Å². The number of nitrogens with two attached hydrogens (primary N) is 1. The van der Waals surface area contributed by atoms with Crippen molar-refractivity contribution in [1.29, 1.82) is 0 Å². The van der Waals surface area contributed by atoms with Crippen LogP contribution in [0.3, 0.4) is 0 Å². The van der Waals surface area contributed by atoms with Gasteiger partial charge in [0.1, 0.15) is 5.60 Å². The second-order valence-corrected chi connectivity index (χ2v) is 4.89. The smallest absolute Gasteiger partial charge is 0.405 e. The van der Waals surface area contributed by atoms with Gasteiger partial charge in [0.15, 0.2) is 11.6 Å². The molecule has 0 radical (unpaired) electrons. The molecule has 6 heteroatoms. The molecule has 0 fully saturated rings. The Hall–Kier alpha value is -2.11. The quantitative estimate of drug-likeness (QED) is 0.862. The molecule has 1 amide bonds. The molecular weight excluding hydrogens is 254 g/mol. The molecule has 1 aliphatic rings. The van der Waals surface area contributed by atoms with Gasteiger partial charge in [-0.2, -0.15) is 0 Å². The lowest BCUT2D eigenvalue weighted by Crippen LogP contribution is -2.36. The Morgan fingerprint density at radius 2 is 2.26 bits per heavy atom. The number of amides is 1. The predicted octanol–water partition coefficient (Wildman–Crippen LogP) is 2.63. The molecule has 2 heterocycles. The van der Waals surface area contributed by atoms with Crippen LogP contribution in [-0.4, -0.2) is 10.7 Å². The van der Waals surface area contributed by atoms with E-state index in [1.54, 1.807) is 13.1 Å². The van der Waals surface area contributed by atoms with E-state index < -0.39 is 23.3 Å². The number of aromatic nitrogens is 1. The van der Waals surface area contributed by atoms with Gasteiger partial charge >= 0.3 is 6.09 Å². The van der Waals surface area contributed by atoms with Gasteiger partial charge in [0.05, 0.1) is 5.52 Å². The predicted molar refractivity (Wildman–Crippen MR) is 64.5 cm³/mol. The molecule has 3 rings (SSSR count). The summed E-state index contributed by atoms with van der Waals surface area (Å²) in [6.45, 7) is 2.20. The molecule has 4 nitrogen and oxygen atoms in total. The third-order valence-electron chi connectivity index (χ3n) is 3.66. The first-order valence-electron chi connectivity index (χ1n) is 5.88. The maximum atomic E-state index is 13.7. The van der Waals surface area contributed by atoms with E-state index in [9.17, 15) is 13.6 Å². The molecule has 0 aliphatic carbocycles. The van der Waals surface area contributed by atoms with Gasteiger partial charge in [-0.15, -0.1) is 0 Å².